The van der Waals surface area contributed by atoms with E-state index in [-0.39, 0.29) is 17.4 Å². The normalized spacial score (nSPS) is 10.2. The van der Waals surface area contributed by atoms with Gasteiger partial charge in [-0.05, 0) is 85.9 Å². The van der Waals surface area contributed by atoms with Crippen LogP contribution < -0.4 is 20.7 Å². The molecule has 0 aliphatic heterocycles. The van der Waals surface area contributed by atoms with Gasteiger partial charge in [-0.1, -0.05) is 6.07 Å². The predicted molar refractivity (Wildman–Crippen MR) is 135 cm³/mol. The summed E-state index contributed by atoms with van der Waals surface area (Å²) in [5, 5.41) is 9.52. The number of rotatable bonds is 8. The van der Waals surface area contributed by atoms with Crippen LogP contribution in [-0.4, -0.2) is 29.7 Å². The Morgan fingerprint density at radius 2 is 1.50 bits per heavy atom. The zero-order valence-electron chi connectivity index (χ0n) is 17.7. The van der Waals surface area contributed by atoms with Crippen LogP contribution in [0.5, 0.6) is 5.75 Å². The van der Waals surface area contributed by atoms with Crippen molar-refractivity contribution in [3.05, 3.63) is 78.4 Å². The van der Waals surface area contributed by atoms with Crippen LogP contribution in [0.3, 0.4) is 0 Å². The molecule has 0 saturated carbocycles. The van der Waals surface area contributed by atoms with Crippen molar-refractivity contribution >= 4 is 57.8 Å². The molecule has 3 aromatic carbocycles. The summed E-state index contributed by atoms with van der Waals surface area (Å²) < 4.78 is 5.12. The Hall–Kier alpha value is -3.36. The summed E-state index contributed by atoms with van der Waals surface area (Å²) in [5.74, 6) is 0.942. The van der Waals surface area contributed by atoms with Crippen molar-refractivity contribution in [2.24, 2.45) is 0 Å². The molecule has 0 aliphatic carbocycles. The quantitative estimate of drug-likeness (QED) is 0.232. The average molecular weight is 466 g/mol. The number of nitrogens with one attached hydrogen (secondary N) is 3. The van der Waals surface area contributed by atoms with Gasteiger partial charge in [-0.25, -0.2) is 0 Å². The van der Waals surface area contributed by atoms with E-state index in [1.54, 1.807) is 55.6 Å². The highest BCUT2D eigenvalue weighted by Gasteiger charge is 2.06. The van der Waals surface area contributed by atoms with E-state index in [9.17, 15) is 9.59 Å². The first-order valence-corrected chi connectivity index (χ1v) is 11.2. The van der Waals surface area contributed by atoms with Gasteiger partial charge >= 0.3 is 0 Å². The van der Waals surface area contributed by atoms with E-state index in [1.165, 1.54) is 18.7 Å². The fraction of sp³-hybridized carbons (Fsp3) is 0.125. The van der Waals surface area contributed by atoms with Gasteiger partial charge in [0.25, 0.3) is 0 Å². The van der Waals surface area contributed by atoms with Crippen LogP contribution in [0.2, 0.25) is 0 Å². The second kappa shape index (κ2) is 11.3. The van der Waals surface area contributed by atoms with Crippen molar-refractivity contribution in [1.29, 1.82) is 0 Å². The van der Waals surface area contributed by atoms with Crippen LogP contribution in [0.25, 0.3) is 0 Å². The number of amides is 1. The molecule has 6 nitrogen and oxygen atoms in total. The molecule has 164 valence electrons. The molecule has 0 fully saturated rings. The first-order chi connectivity index (χ1) is 15.4. The highest BCUT2D eigenvalue weighted by Crippen LogP contribution is 2.23. The molecule has 3 aromatic rings. The van der Waals surface area contributed by atoms with Crippen LogP contribution in [0.1, 0.15) is 17.3 Å². The molecule has 3 rings (SSSR count). The number of hydrogen-bond donors (Lipinski definition) is 3. The van der Waals surface area contributed by atoms with E-state index in [4.69, 9.17) is 17.0 Å². The molecular weight excluding hydrogens is 442 g/mol. The van der Waals surface area contributed by atoms with Gasteiger partial charge in [0.05, 0.1) is 12.9 Å². The lowest BCUT2D eigenvalue weighted by molar-refractivity contribution is -0.113. The molecule has 32 heavy (non-hydrogen) atoms. The first kappa shape index (κ1) is 23.3. The topological polar surface area (TPSA) is 79.5 Å². The molecule has 0 aliphatic rings. The van der Waals surface area contributed by atoms with E-state index < -0.39 is 0 Å². The summed E-state index contributed by atoms with van der Waals surface area (Å²) >= 11 is 6.81. The van der Waals surface area contributed by atoms with Gasteiger partial charge in [0.2, 0.25) is 5.91 Å². The Morgan fingerprint density at radius 3 is 2.16 bits per heavy atom. The maximum atomic E-state index is 12.2. The summed E-state index contributed by atoms with van der Waals surface area (Å²) in [5.41, 5.74) is 2.96. The highest BCUT2D eigenvalue weighted by atomic mass is 32.2. The zero-order chi connectivity index (χ0) is 22.9. The monoisotopic (exact) mass is 465 g/mol. The van der Waals surface area contributed by atoms with Gasteiger partial charge in [-0.15, -0.1) is 11.8 Å². The van der Waals surface area contributed by atoms with Gasteiger partial charge in [0.1, 0.15) is 5.75 Å². The zero-order valence-corrected chi connectivity index (χ0v) is 19.3. The largest absolute Gasteiger partial charge is 0.497 e. The van der Waals surface area contributed by atoms with E-state index in [0.29, 0.717) is 10.7 Å². The lowest BCUT2D eigenvalue weighted by Crippen LogP contribution is -2.19. The van der Waals surface area contributed by atoms with Gasteiger partial charge in [-0.3, -0.25) is 9.59 Å². The maximum absolute atomic E-state index is 12.2. The number of thioether (sulfide) groups is 1. The lowest BCUT2D eigenvalue weighted by atomic mass is 10.1. The smallest absolute Gasteiger partial charge is 0.234 e. The number of methoxy groups -OCH3 is 1. The molecule has 0 unspecified atom stereocenters. The van der Waals surface area contributed by atoms with E-state index >= 15 is 0 Å². The molecule has 0 radical (unpaired) electrons. The molecular formula is C24H23N3O3S2. The van der Waals surface area contributed by atoms with Crippen LogP contribution in [0.15, 0.2) is 77.7 Å². The maximum Gasteiger partial charge on any atom is 0.234 e. The van der Waals surface area contributed by atoms with E-state index in [2.05, 4.69) is 16.0 Å². The Labute approximate surface area is 196 Å². The van der Waals surface area contributed by atoms with Gasteiger partial charge in [0.15, 0.2) is 10.9 Å². The Morgan fingerprint density at radius 1 is 0.875 bits per heavy atom. The molecule has 0 saturated heterocycles. The number of ketones is 1. The summed E-state index contributed by atoms with van der Waals surface area (Å²) in [6.07, 6.45) is 0. The third kappa shape index (κ3) is 7.11. The molecule has 1 amide bonds. The number of hydrogen-bond acceptors (Lipinski definition) is 5. The van der Waals surface area contributed by atoms with Crippen molar-refractivity contribution in [3.63, 3.8) is 0 Å². The number of Topliss-reactive ketones (excluding diaryl/α,β-unsaturated/α-hetero) is 1. The lowest BCUT2D eigenvalue weighted by Gasteiger charge is -2.12. The van der Waals surface area contributed by atoms with Crippen LogP contribution in [0, 0.1) is 0 Å². The molecule has 8 heteroatoms. The number of carbonyl (C=O) groups is 2. The Balaban J connectivity index is 1.50. The highest BCUT2D eigenvalue weighted by molar-refractivity contribution is 8.00. The van der Waals surface area contributed by atoms with Crippen LogP contribution >= 0.6 is 24.0 Å². The summed E-state index contributed by atoms with van der Waals surface area (Å²) in [4.78, 5) is 24.6. The second-order valence-electron chi connectivity index (χ2n) is 6.81. The minimum absolute atomic E-state index is 0.0178. The fourth-order valence-electron chi connectivity index (χ4n) is 2.77. The number of ether oxygens (including phenoxy) is 1. The molecule has 0 heterocycles. The van der Waals surface area contributed by atoms with Crippen molar-refractivity contribution < 1.29 is 14.3 Å². The summed E-state index contributed by atoms with van der Waals surface area (Å²) in [6, 6.07) is 22.0. The Kier molecular flexibility index (Phi) is 8.24. The minimum atomic E-state index is -0.0928. The number of anilines is 3. The van der Waals surface area contributed by atoms with Gasteiger partial charge in [0, 0.05) is 27.5 Å². The Bertz CT molecular complexity index is 1100. The number of thiocarbonyl (C=S) groups is 1. The number of benzene rings is 3. The molecule has 0 bridgehead atoms. The molecule has 3 N–H and O–H groups in total. The third-order valence-electron chi connectivity index (χ3n) is 4.38. The molecule has 0 atom stereocenters. The fourth-order valence-corrected chi connectivity index (χ4v) is 3.76. The molecule has 0 aromatic heterocycles. The van der Waals surface area contributed by atoms with Crippen LogP contribution in [0.4, 0.5) is 17.1 Å². The predicted octanol–water partition coefficient (Wildman–Crippen LogP) is 5.44. The minimum Gasteiger partial charge on any atom is -0.497 e. The summed E-state index contributed by atoms with van der Waals surface area (Å²) in [6.45, 7) is 1.53. The van der Waals surface area contributed by atoms with Crippen molar-refractivity contribution in [1.82, 2.24) is 0 Å². The molecule has 0 spiro atoms. The van der Waals surface area contributed by atoms with Crippen molar-refractivity contribution in [2.75, 3.05) is 28.8 Å². The van der Waals surface area contributed by atoms with Gasteiger partial charge in [-0.2, -0.15) is 0 Å². The van der Waals surface area contributed by atoms with E-state index in [0.717, 1.165) is 27.7 Å². The SMILES string of the molecule is COc1ccc(NC(=O)CSc2cccc(NC(=S)Nc3ccc(C(C)=O)cc3)c2)cc1. The van der Waals surface area contributed by atoms with Gasteiger partial charge < -0.3 is 20.7 Å². The van der Waals surface area contributed by atoms with Crippen molar-refractivity contribution in [3.8, 4) is 5.75 Å². The second-order valence-corrected chi connectivity index (χ2v) is 8.26. The van der Waals surface area contributed by atoms with Crippen LogP contribution in [-0.2, 0) is 4.79 Å². The standard InChI is InChI=1S/C24H23N3O3S2/c1-16(28)17-6-8-19(9-7-17)26-24(31)27-20-4-3-5-22(14-20)32-15-23(29)25-18-10-12-21(30-2)13-11-18/h3-14H,15H2,1-2H3,(H,25,29)(H2,26,27,31). The number of carbonyl (C=O) groups excluding carboxylic acids is 2. The van der Waals surface area contributed by atoms with E-state index in [1.807, 2.05) is 24.3 Å². The average Bonchev–Trinajstić information content (AvgIpc) is 2.79. The summed E-state index contributed by atoms with van der Waals surface area (Å²) in [7, 11) is 1.60. The van der Waals surface area contributed by atoms with Crippen molar-refractivity contribution in [2.45, 2.75) is 11.8 Å². The first-order valence-electron chi connectivity index (χ1n) is 9.79. The third-order valence-corrected chi connectivity index (χ3v) is 5.58.